The minimum Gasteiger partial charge on any atom is -0.432 e. The van der Waals surface area contributed by atoms with Gasteiger partial charge in [0.25, 0.3) is 0 Å². The van der Waals surface area contributed by atoms with Crippen molar-refractivity contribution < 1.29 is 148 Å². The highest BCUT2D eigenvalue weighted by Crippen LogP contribution is 2.76. The Hall–Kier alpha value is -1.91. The van der Waals surface area contributed by atoms with Gasteiger partial charge in [-0.1, -0.05) is 60.1 Å². The lowest BCUT2D eigenvalue weighted by molar-refractivity contribution is -0.396. The van der Waals surface area contributed by atoms with Gasteiger partial charge in [-0.2, -0.15) is 0 Å². The first kappa shape index (κ1) is 74.3. The van der Waals surface area contributed by atoms with Crippen LogP contribution in [-0.4, -0.2) is 303 Å². The predicted octanol–water partition coefficient (Wildman–Crippen LogP) is -3.69. The third-order valence-electron chi connectivity index (χ3n) is 25.2. The van der Waals surface area contributed by atoms with E-state index in [4.69, 9.17) is 56.8 Å². The van der Waals surface area contributed by atoms with Crippen molar-refractivity contribution in [3.05, 3.63) is 11.6 Å². The van der Waals surface area contributed by atoms with E-state index in [1.807, 2.05) is 0 Å². The molecule has 37 unspecified atom stereocenters. The number of hydrogen-bond acceptors (Lipinski definition) is 30. The number of allylic oxidation sites excluding steroid dienone is 2. The van der Waals surface area contributed by atoms with E-state index in [1.165, 1.54) is 19.4 Å². The Morgan fingerprint density at radius 1 is 0.495 bits per heavy atom. The van der Waals surface area contributed by atoms with Gasteiger partial charge in [-0.25, -0.2) is 0 Å². The fraction of sp³-hybridized carbons (Fsp3) is 0.954. The van der Waals surface area contributed by atoms with E-state index in [0.29, 0.717) is 51.4 Å². The Bertz CT molecular complexity index is 2670. The third-order valence-corrected chi connectivity index (χ3v) is 25.2. The highest BCUT2D eigenvalue weighted by molar-refractivity contribution is 5.79. The van der Waals surface area contributed by atoms with E-state index in [9.17, 15) is 86.8 Å². The summed E-state index contributed by atoms with van der Waals surface area (Å²) in [5.74, 6) is -0.752. The van der Waals surface area contributed by atoms with Crippen LogP contribution in [0.2, 0.25) is 0 Å². The van der Waals surface area contributed by atoms with Crippen LogP contribution < -0.4 is 0 Å². The monoisotopic (exact) mass is 1370 g/mol. The van der Waals surface area contributed by atoms with Gasteiger partial charge >= 0.3 is 5.97 Å². The maximum Gasteiger partial charge on any atom is 0.315 e. The van der Waals surface area contributed by atoms with Crippen LogP contribution in [0.25, 0.3) is 0 Å². The van der Waals surface area contributed by atoms with Gasteiger partial charge in [-0.3, -0.25) is 4.79 Å². The van der Waals surface area contributed by atoms with Crippen molar-refractivity contribution in [1.82, 2.24) is 0 Å². The molecule has 0 aromatic rings. The van der Waals surface area contributed by atoms with Gasteiger partial charge < -0.3 is 144 Å². The summed E-state index contributed by atoms with van der Waals surface area (Å²) >= 11 is 0. The van der Waals surface area contributed by atoms with Crippen LogP contribution in [0.1, 0.15) is 127 Å². The normalized spacial score (nSPS) is 54.6. The molecule has 11 aliphatic rings. The van der Waals surface area contributed by atoms with E-state index < -0.39 is 233 Å². The first-order valence-electron chi connectivity index (χ1n) is 34.0. The van der Waals surface area contributed by atoms with E-state index in [-0.39, 0.29) is 34.0 Å². The summed E-state index contributed by atoms with van der Waals surface area (Å²) in [7, 11) is 0. The quantitative estimate of drug-likeness (QED) is 0.0426. The molecule has 6 aliphatic heterocycles. The third kappa shape index (κ3) is 12.9. The fourth-order valence-electron chi connectivity index (χ4n) is 19.0. The molecule has 30 nitrogen and oxygen atoms in total. The summed E-state index contributed by atoms with van der Waals surface area (Å²) < 4.78 is 73.0. The Morgan fingerprint density at radius 3 is 1.64 bits per heavy atom. The highest BCUT2D eigenvalue weighted by atomic mass is 16.8. The number of carbonyl (C=O) groups is 1. The molecule has 5 aliphatic carbocycles. The molecule has 4 saturated carbocycles. The summed E-state index contributed by atoms with van der Waals surface area (Å²) in [4.78, 5) is 15.3. The molecule has 37 atom stereocenters. The van der Waals surface area contributed by atoms with Crippen LogP contribution in [0.3, 0.4) is 0 Å². The van der Waals surface area contributed by atoms with Crippen molar-refractivity contribution in [3.8, 4) is 0 Å². The van der Waals surface area contributed by atoms with Crippen molar-refractivity contribution >= 4 is 5.97 Å². The average molecular weight is 1370 g/mol. The molecule has 6 heterocycles. The van der Waals surface area contributed by atoms with E-state index in [1.54, 1.807) is 0 Å². The van der Waals surface area contributed by atoms with Crippen LogP contribution in [0.4, 0.5) is 0 Å². The zero-order valence-corrected chi connectivity index (χ0v) is 55.4. The second-order valence-corrected chi connectivity index (χ2v) is 31.4. The molecule has 30 heteroatoms. The number of carbonyl (C=O) groups excluding carboxylic acids is 1. The van der Waals surface area contributed by atoms with E-state index in [2.05, 4.69) is 54.5 Å². The van der Waals surface area contributed by atoms with Crippen LogP contribution in [0.5, 0.6) is 0 Å². The SMILES string of the molecule is CC1OC(OC2C(O)C(C)OC(OC3C(OC4CCC5(C)C(CCC6(C)C5CC=C5C7CC(C)(C)CCC7(C(=O)OC7OC(COC8OC(CO)C(O)C(O)C8O)C(O)C(O)C7O)CCC56C)C4(C)C)OCC(O)C3OC3OC(CO)C(O)C(O)C3O)C2O)C(O)C(O)C1O. The maximum absolute atomic E-state index is 15.3. The molecular weight excluding hydrogens is 1260 g/mol. The molecule has 17 N–H and O–H groups in total. The minimum absolute atomic E-state index is 0.0250. The molecule has 546 valence electrons. The second-order valence-electron chi connectivity index (χ2n) is 31.4. The van der Waals surface area contributed by atoms with Crippen molar-refractivity contribution in [1.29, 1.82) is 0 Å². The van der Waals surface area contributed by atoms with Gasteiger partial charge in [0, 0.05) is 0 Å². The minimum atomic E-state index is -1.92. The van der Waals surface area contributed by atoms with E-state index in [0.717, 1.165) is 12.8 Å². The van der Waals surface area contributed by atoms with Crippen LogP contribution in [0, 0.1) is 50.2 Å². The number of hydrogen-bond donors (Lipinski definition) is 17. The van der Waals surface area contributed by atoms with Crippen LogP contribution in [-0.2, 0) is 61.6 Å². The molecule has 0 radical (unpaired) electrons. The molecule has 0 spiro atoms. The van der Waals surface area contributed by atoms with Gasteiger partial charge in [0.1, 0.15) is 128 Å². The summed E-state index contributed by atoms with van der Waals surface area (Å²) in [6.07, 6.45) is -39.4. The summed E-state index contributed by atoms with van der Waals surface area (Å²) in [5, 5.41) is 184. The highest BCUT2D eigenvalue weighted by Gasteiger charge is 2.71. The molecule has 10 fully saturated rings. The number of aliphatic hydroxyl groups excluding tert-OH is 17. The van der Waals surface area contributed by atoms with Crippen molar-refractivity contribution in [2.24, 2.45) is 50.2 Å². The number of rotatable bonds is 15. The Balaban J connectivity index is 0.828. The number of fused-ring (bicyclic) bond motifs is 7. The standard InChI is InChI=1S/C65H106O30/c1-25-36(69)41(74)46(79)54(86-25)93-51-37(70)26(2)87-57(49(51)82)94-52-50(92-55-47(80)43(76)39(72)31(22-67)89-55)29(68)23-84-58(52)91-35-13-14-62(7)33(61(35,5)6)12-15-64(9)34(62)11-10-27-28-20-60(3,4)16-18-65(28,19-17-63(27,64)8)59(83)95-56-48(81)44(77)40(73)32(90-56)24-85-53-45(78)42(75)38(71)30(21-66)88-53/h10,25-26,28-58,66-82H,11-24H2,1-9H3. The molecule has 0 aromatic carbocycles. The van der Waals surface area contributed by atoms with Gasteiger partial charge in [0.2, 0.25) is 6.29 Å². The predicted molar refractivity (Wildman–Crippen MR) is 319 cm³/mol. The largest absolute Gasteiger partial charge is 0.432 e. The lowest BCUT2D eigenvalue weighted by Gasteiger charge is -2.71. The van der Waals surface area contributed by atoms with Gasteiger partial charge in [0.15, 0.2) is 31.5 Å². The first-order valence-corrected chi connectivity index (χ1v) is 34.0. The molecule has 11 rings (SSSR count). The van der Waals surface area contributed by atoms with Crippen molar-refractivity contribution in [3.63, 3.8) is 0 Å². The first-order chi connectivity index (χ1) is 44.5. The molecule has 0 bridgehead atoms. The Kier molecular flexibility index (Phi) is 21.7. The van der Waals surface area contributed by atoms with Crippen LogP contribution in [0.15, 0.2) is 11.6 Å². The van der Waals surface area contributed by atoms with E-state index >= 15 is 4.79 Å². The molecule has 6 saturated heterocycles. The zero-order valence-electron chi connectivity index (χ0n) is 55.4. The van der Waals surface area contributed by atoms with Gasteiger partial charge in [0.05, 0.1) is 50.2 Å². The summed E-state index contributed by atoms with van der Waals surface area (Å²) in [6.45, 7) is 16.1. The molecular formula is C65H106O30. The molecule has 95 heavy (non-hydrogen) atoms. The zero-order chi connectivity index (χ0) is 69.3. The lowest BCUT2D eigenvalue weighted by Crippen LogP contribution is -2.67. The molecule has 0 aromatic heterocycles. The van der Waals surface area contributed by atoms with Crippen LogP contribution >= 0.6 is 0 Å². The lowest BCUT2D eigenvalue weighted by atomic mass is 9.33. The Labute approximate surface area is 551 Å². The average Bonchev–Trinajstić information content (AvgIpc) is 0.676. The van der Waals surface area contributed by atoms with Gasteiger partial charge in [-0.15, -0.1) is 0 Å². The number of esters is 1. The smallest absolute Gasteiger partial charge is 0.315 e. The maximum atomic E-state index is 15.3. The fourth-order valence-corrected chi connectivity index (χ4v) is 19.0. The topological polar surface area (TPSA) is 472 Å². The number of ether oxygens (including phenoxy) is 12. The molecule has 0 amide bonds. The van der Waals surface area contributed by atoms with Crippen molar-refractivity contribution in [2.75, 3.05) is 26.4 Å². The number of aliphatic hydroxyl groups is 17. The second kappa shape index (κ2) is 27.7. The summed E-state index contributed by atoms with van der Waals surface area (Å²) in [5.41, 5.74) is -1.70. The van der Waals surface area contributed by atoms with Crippen molar-refractivity contribution in [2.45, 2.75) is 311 Å². The summed E-state index contributed by atoms with van der Waals surface area (Å²) in [6, 6.07) is 0. The van der Waals surface area contributed by atoms with Gasteiger partial charge in [-0.05, 0) is 123 Å². The Morgan fingerprint density at radius 2 is 1.01 bits per heavy atom.